The fraction of sp³-hybridized carbons (Fsp3) is 1.00. The third-order valence-electron chi connectivity index (χ3n) is 3.11. The summed E-state index contributed by atoms with van der Waals surface area (Å²) in [6.45, 7) is 5.94. The summed E-state index contributed by atoms with van der Waals surface area (Å²) >= 11 is 0. The highest BCUT2D eigenvalue weighted by molar-refractivity contribution is 4.66. The first-order valence-electron chi connectivity index (χ1n) is 6.11. The molecule has 0 aromatic rings. The molecule has 0 rings (SSSR count). The normalized spacial score (nSPS) is 16.3. The second-order valence-corrected chi connectivity index (χ2v) is 5.05. The Morgan fingerprint density at radius 1 is 1.00 bits per heavy atom. The van der Waals surface area contributed by atoms with Crippen LogP contribution in [0.4, 0.5) is 0 Å². The zero-order chi connectivity index (χ0) is 11.1. The molecule has 0 aliphatic carbocycles. The van der Waals surface area contributed by atoms with Gasteiger partial charge in [-0.3, -0.25) is 0 Å². The number of nitrogens with one attached hydrogen (secondary N) is 2. The maximum absolute atomic E-state index is 2.33. The maximum atomic E-state index is 2.33. The molecule has 0 amide bonds. The molecule has 0 saturated heterocycles. The fourth-order valence-electron chi connectivity index (χ4n) is 2.40. The summed E-state index contributed by atoms with van der Waals surface area (Å²) in [4.78, 5) is 3.21. The first-order chi connectivity index (χ1) is 6.52. The van der Waals surface area contributed by atoms with Crippen molar-refractivity contribution in [1.82, 2.24) is 0 Å². The number of quaternary nitrogens is 2. The summed E-state index contributed by atoms with van der Waals surface area (Å²) in [7, 11) is 9.12. The Labute approximate surface area is 90.3 Å². The molecule has 0 aliphatic heterocycles. The maximum Gasteiger partial charge on any atom is 0.0953 e. The lowest BCUT2D eigenvalue weighted by atomic mass is 9.92. The largest absolute Gasteiger partial charge is 0.339 e. The van der Waals surface area contributed by atoms with Gasteiger partial charge in [0.1, 0.15) is 0 Å². The van der Waals surface area contributed by atoms with E-state index >= 15 is 0 Å². The van der Waals surface area contributed by atoms with Crippen LogP contribution < -0.4 is 9.80 Å². The minimum Gasteiger partial charge on any atom is -0.339 e. The van der Waals surface area contributed by atoms with Gasteiger partial charge in [-0.1, -0.05) is 20.3 Å². The Morgan fingerprint density at radius 3 is 1.86 bits per heavy atom. The van der Waals surface area contributed by atoms with Crippen LogP contribution in [-0.4, -0.2) is 40.8 Å². The molecule has 0 aromatic heterocycles. The van der Waals surface area contributed by atoms with E-state index in [9.17, 15) is 0 Å². The number of rotatable bonds is 7. The van der Waals surface area contributed by atoms with E-state index < -0.39 is 0 Å². The molecule has 0 saturated carbocycles. The summed E-state index contributed by atoms with van der Waals surface area (Å²) in [6.07, 6.45) is 4.00. The molecule has 2 N–H and O–H groups in total. The summed E-state index contributed by atoms with van der Waals surface area (Å²) in [5, 5.41) is 0. The summed E-state index contributed by atoms with van der Waals surface area (Å²) in [5.74, 6) is 0.880. The van der Waals surface area contributed by atoms with Gasteiger partial charge < -0.3 is 9.80 Å². The Bertz CT molecular complexity index is 132. The van der Waals surface area contributed by atoms with Crippen LogP contribution in [0, 0.1) is 5.92 Å². The molecule has 0 spiro atoms. The van der Waals surface area contributed by atoms with Gasteiger partial charge in [0.15, 0.2) is 0 Å². The molecule has 2 nitrogen and oxygen atoms in total. The van der Waals surface area contributed by atoms with E-state index in [1.54, 1.807) is 9.80 Å². The predicted molar refractivity (Wildman–Crippen MR) is 63.0 cm³/mol. The molecule has 2 heteroatoms. The molecule has 0 aliphatic rings. The van der Waals surface area contributed by atoms with Crippen LogP contribution in [0.15, 0.2) is 0 Å². The summed E-state index contributed by atoms with van der Waals surface area (Å²) in [6, 6.07) is 0.847. The van der Waals surface area contributed by atoms with E-state index in [4.69, 9.17) is 0 Å². The topological polar surface area (TPSA) is 8.88 Å². The van der Waals surface area contributed by atoms with E-state index in [1.807, 2.05) is 0 Å². The molecule has 0 aromatic carbocycles. The van der Waals surface area contributed by atoms with Crippen LogP contribution in [0.25, 0.3) is 0 Å². The van der Waals surface area contributed by atoms with E-state index in [1.165, 1.54) is 25.8 Å². The van der Waals surface area contributed by atoms with Crippen molar-refractivity contribution in [3.05, 3.63) is 0 Å². The quantitative estimate of drug-likeness (QED) is 0.549. The average Bonchev–Trinajstić information content (AvgIpc) is 2.10. The SMILES string of the molecule is CCC[C@@H]([C@H](CC)C[NH+](C)C)[NH+](C)C. The molecule has 86 valence electrons. The summed E-state index contributed by atoms with van der Waals surface area (Å²) in [5.41, 5.74) is 0. The van der Waals surface area contributed by atoms with Crippen LogP contribution >= 0.6 is 0 Å². The van der Waals surface area contributed by atoms with Crippen molar-refractivity contribution in [2.24, 2.45) is 5.92 Å². The monoisotopic (exact) mass is 202 g/mol. The zero-order valence-electron chi connectivity index (χ0n) is 11.0. The van der Waals surface area contributed by atoms with E-state index in [-0.39, 0.29) is 0 Å². The Kier molecular flexibility index (Phi) is 7.20. The smallest absolute Gasteiger partial charge is 0.0953 e. The first kappa shape index (κ1) is 13.9. The number of hydrogen-bond acceptors (Lipinski definition) is 0. The van der Waals surface area contributed by atoms with Crippen molar-refractivity contribution in [3.8, 4) is 0 Å². The molecule has 0 fully saturated rings. The van der Waals surface area contributed by atoms with Crippen molar-refractivity contribution in [2.75, 3.05) is 34.7 Å². The minimum absolute atomic E-state index is 0.847. The van der Waals surface area contributed by atoms with Crippen LogP contribution in [0.3, 0.4) is 0 Å². The first-order valence-corrected chi connectivity index (χ1v) is 6.11. The molecule has 0 unspecified atom stereocenters. The number of hydrogen-bond donors (Lipinski definition) is 2. The third kappa shape index (κ3) is 4.97. The van der Waals surface area contributed by atoms with Crippen LogP contribution in [-0.2, 0) is 0 Å². The lowest BCUT2D eigenvalue weighted by molar-refractivity contribution is -0.905. The Balaban J connectivity index is 4.25. The molecular formula is C12H30N2+2. The molecule has 2 atom stereocenters. The van der Waals surface area contributed by atoms with E-state index in [0.29, 0.717) is 0 Å². The molecule has 0 bridgehead atoms. The highest BCUT2D eigenvalue weighted by atomic mass is 15.1. The highest BCUT2D eigenvalue weighted by Crippen LogP contribution is 2.09. The molecule has 14 heavy (non-hydrogen) atoms. The third-order valence-corrected chi connectivity index (χ3v) is 3.11. The van der Waals surface area contributed by atoms with Gasteiger partial charge >= 0.3 is 0 Å². The van der Waals surface area contributed by atoms with E-state index in [2.05, 4.69) is 42.0 Å². The van der Waals surface area contributed by atoms with Crippen LogP contribution in [0.2, 0.25) is 0 Å². The summed E-state index contributed by atoms with van der Waals surface area (Å²) < 4.78 is 0. The van der Waals surface area contributed by atoms with Gasteiger partial charge in [0.2, 0.25) is 0 Å². The molecule has 0 heterocycles. The van der Waals surface area contributed by atoms with Gasteiger partial charge in [-0.25, -0.2) is 0 Å². The fourth-order valence-corrected chi connectivity index (χ4v) is 2.40. The van der Waals surface area contributed by atoms with Gasteiger partial charge in [0, 0.05) is 0 Å². The molecule has 0 radical (unpaired) electrons. The lowest BCUT2D eigenvalue weighted by Crippen LogP contribution is -3.13. The lowest BCUT2D eigenvalue weighted by Gasteiger charge is -2.29. The van der Waals surface area contributed by atoms with Crippen molar-refractivity contribution in [1.29, 1.82) is 0 Å². The standard InChI is InChI=1S/C12H28N2/c1-7-9-12(14(5)6)11(8-2)10-13(3)4/h11-12H,7-10H2,1-6H3/p+2/t11-,12+/m1/s1. The van der Waals surface area contributed by atoms with Gasteiger partial charge in [-0.2, -0.15) is 0 Å². The van der Waals surface area contributed by atoms with Crippen molar-refractivity contribution in [2.45, 2.75) is 39.2 Å². The van der Waals surface area contributed by atoms with Crippen molar-refractivity contribution in [3.63, 3.8) is 0 Å². The van der Waals surface area contributed by atoms with Gasteiger partial charge in [0.05, 0.1) is 46.7 Å². The van der Waals surface area contributed by atoms with Gasteiger partial charge in [-0.15, -0.1) is 0 Å². The Morgan fingerprint density at radius 2 is 1.57 bits per heavy atom. The van der Waals surface area contributed by atoms with Crippen molar-refractivity contribution >= 4 is 0 Å². The van der Waals surface area contributed by atoms with Crippen molar-refractivity contribution < 1.29 is 9.80 Å². The highest BCUT2D eigenvalue weighted by Gasteiger charge is 2.26. The van der Waals surface area contributed by atoms with Gasteiger partial charge in [-0.05, 0) is 12.8 Å². The molecular weight excluding hydrogens is 172 g/mol. The van der Waals surface area contributed by atoms with E-state index in [0.717, 1.165) is 12.0 Å². The average molecular weight is 202 g/mol. The van der Waals surface area contributed by atoms with Crippen LogP contribution in [0.5, 0.6) is 0 Å². The second-order valence-electron chi connectivity index (χ2n) is 5.05. The second kappa shape index (κ2) is 7.24. The zero-order valence-corrected chi connectivity index (χ0v) is 11.0. The van der Waals surface area contributed by atoms with Gasteiger partial charge in [0.25, 0.3) is 0 Å². The minimum atomic E-state index is 0.847. The van der Waals surface area contributed by atoms with Crippen LogP contribution in [0.1, 0.15) is 33.1 Å². The predicted octanol–water partition coefficient (Wildman–Crippen LogP) is -0.530. The Hall–Kier alpha value is -0.0800.